The quantitative estimate of drug-likeness (QED) is 0.211. The fraction of sp³-hybridized carbons (Fsp3) is 0.0417. The highest BCUT2D eigenvalue weighted by Crippen LogP contribution is 2.42. The number of amides is 1. The summed E-state index contributed by atoms with van der Waals surface area (Å²) in [6, 6.07) is 20.0. The van der Waals surface area contributed by atoms with Crippen molar-refractivity contribution in [3.05, 3.63) is 93.5 Å². The van der Waals surface area contributed by atoms with Crippen LogP contribution < -0.4 is 10.1 Å². The van der Waals surface area contributed by atoms with Crippen molar-refractivity contribution in [3.8, 4) is 22.1 Å². The summed E-state index contributed by atoms with van der Waals surface area (Å²) in [6.45, 7) is 2.00. The fourth-order valence-corrected chi connectivity index (χ4v) is 4.85. The number of nitro groups is 1. The van der Waals surface area contributed by atoms with E-state index in [1.54, 1.807) is 6.20 Å². The first kappa shape index (κ1) is 21.7. The van der Waals surface area contributed by atoms with E-state index in [1.165, 1.54) is 23.5 Å². The lowest BCUT2D eigenvalue weighted by Crippen LogP contribution is -2.09. The predicted octanol–water partition coefficient (Wildman–Crippen LogP) is 6.68. The number of aromatic nitrogens is 2. The zero-order valence-corrected chi connectivity index (χ0v) is 19.4. The number of hydrogen-bond acceptors (Lipinski definition) is 8. The van der Waals surface area contributed by atoms with Crippen LogP contribution in [0.1, 0.15) is 15.2 Å². The highest BCUT2D eigenvalue weighted by atomic mass is 32.1. The molecule has 0 bridgehead atoms. The Hall–Kier alpha value is -4.15. The third-order valence-corrected chi connectivity index (χ3v) is 6.82. The lowest BCUT2D eigenvalue weighted by atomic mass is 10.1. The maximum absolute atomic E-state index is 12.7. The lowest BCUT2D eigenvalue weighted by Gasteiger charge is -2.08. The van der Waals surface area contributed by atoms with Crippen LogP contribution in [0.2, 0.25) is 0 Å². The Morgan fingerprint density at radius 3 is 2.59 bits per heavy atom. The molecule has 0 aliphatic heterocycles. The number of thiazole rings is 1. The number of aryl methyl sites for hydroxylation is 1. The van der Waals surface area contributed by atoms with Crippen molar-refractivity contribution in [3.63, 3.8) is 0 Å². The van der Waals surface area contributed by atoms with E-state index in [9.17, 15) is 14.9 Å². The van der Waals surface area contributed by atoms with E-state index in [4.69, 9.17) is 4.74 Å². The van der Waals surface area contributed by atoms with Crippen LogP contribution in [0.4, 0.5) is 10.1 Å². The van der Waals surface area contributed by atoms with Crippen molar-refractivity contribution in [2.24, 2.45) is 0 Å². The van der Waals surface area contributed by atoms with Gasteiger partial charge in [-0.05, 0) is 25.1 Å². The number of benzene rings is 2. The van der Waals surface area contributed by atoms with Gasteiger partial charge in [-0.1, -0.05) is 70.7 Å². The molecule has 0 aliphatic carbocycles. The number of anilines is 1. The zero-order chi connectivity index (χ0) is 23.7. The molecule has 5 rings (SSSR count). The number of para-hydroxylation sites is 1. The van der Waals surface area contributed by atoms with Gasteiger partial charge < -0.3 is 4.74 Å². The second-order valence-corrected chi connectivity index (χ2v) is 9.33. The third-order valence-electron chi connectivity index (χ3n) is 4.94. The number of hydrogen-bond donors (Lipinski definition) is 1. The zero-order valence-electron chi connectivity index (χ0n) is 17.7. The number of ether oxygens (including phenoxy) is 1. The Kier molecular flexibility index (Phi) is 5.74. The van der Waals surface area contributed by atoms with E-state index >= 15 is 0 Å². The Labute approximate surface area is 201 Å². The van der Waals surface area contributed by atoms with Gasteiger partial charge in [0.1, 0.15) is 11.2 Å². The van der Waals surface area contributed by atoms with Gasteiger partial charge in [-0.25, -0.2) is 4.98 Å². The number of nitrogens with one attached hydrogen (secondary N) is 1. The first-order valence-corrected chi connectivity index (χ1v) is 11.8. The molecule has 0 saturated heterocycles. The minimum Gasteiger partial charge on any atom is -0.442 e. The Morgan fingerprint density at radius 2 is 1.82 bits per heavy atom. The minimum atomic E-state index is -0.523. The van der Waals surface area contributed by atoms with Crippen LogP contribution in [-0.2, 0) is 0 Å². The average molecular weight is 489 g/mol. The molecule has 10 heteroatoms. The molecule has 0 aliphatic rings. The van der Waals surface area contributed by atoms with E-state index in [-0.39, 0.29) is 9.88 Å². The van der Waals surface area contributed by atoms with Gasteiger partial charge in [0, 0.05) is 23.2 Å². The Bertz CT molecular complexity index is 1520. The largest absolute Gasteiger partial charge is 0.442 e. The number of pyridine rings is 1. The SMILES string of the molecule is Cc1ccc(-c2nc(NC(=O)c3ccc([N+](=O)[O-])s3)sc2Oc2cccc3cccnc23)cc1. The molecule has 0 radical (unpaired) electrons. The average Bonchev–Trinajstić information content (AvgIpc) is 3.48. The monoisotopic (exact) mass is 488 g/mol. The molecule has 0 spiro atoms. The summed E-state index contributed by atoms with van der Waals surface area (Å²) >= 11 is 1.98. The highest BCUT2D eigenvalue weighted by Gasteiger charge is 2.20. The molecular formula is C24H16N4O4S2. The molecule has 0 atom stereocenters. The molecule has 168 valence electrons. The highest BCUT2D eigenvalue weighted by molar-refractivity contribution is 7.19. The maximum Gasteiger partial charge on any atom is 0.324 e. The molecule has 2 aromatic carbocycles. The molecule has 3 aromatic heterocycles. The topological polar surface area (TPSA) is 107 Å². The van der Waals surface area contributed by atoms with Crippen LogP contribution in [0.5, 0.6) is 10.8 Å². The third kappa shape index (κ3) is 4.36. The molecule has 0 unspecified atom stereocenters. The first-order valence-electron chi connectivity index (χ1n) is 10.1. The number of rotatable bonds is 6. The number of carbonyl (C=O) groups is 1. The fourth-order valence-electron chi connectivity index (χ4n) is 3.29. The predicted molar refractivity (Wildman–Crippen MR) is 133 cm³/mol. The second kappa shape index (κ2) is 9.00. The summed E-state index contributed by atoms with van der Waals surface area (Å²) in [5.41, 5.74) is 3.22. The van der Waals surface area contributed by atoms with Gasteiger partial charge in [-0.2, -0.15) is 0 Å². The van der Waals surface area contributed by atoms with Gasteiger partial charge >= 0.3 is 5.00 Å². The molecular weight excluding hydrogens is 472 g/mol. The van der Waals surface area contributed by atoms with Gasteiger partial charge in [0.2, 0.25) is 5.06 Å². The molecule has 8 nitrogen and oxygen atoms in total. The lowest BCUT2D eigenvalue weighted by molar-refractivity contribution is -0.380. The molecule has 1 amide bonds. The van der Waals surface area contributed by atoms with Crippen LogP contribution in [0.25, 0.3) is 22.2 Å². The van der Waals surface area contributed by atoms with E-state index in [0.717, 1.165) is 27.8 Å². The number of thiophene rings is 1. The normalized spacial score (nSPS) is 10.9. The molecule has 0 saturated carbocycles. The van der Waals surface area contributed by atoms with Gasteiger partial charge in [-0.3, -0.25) is 25.2 Å². The second-order valence-electron chi connectivity index (χ2n) is 7.30. The molecule has 5 aromatic rings. The maximum atomic E-state index is 12.7. The summed E-state index contributed by atoms with van der Waals surface area (Å²) < 4.78 is 6.27. The van der Waals surface area contributed by atoms with Crippen LogP contribution in [0.3, 0.4) is 0 Å². The van der Waals surface area contributed by atoms with E-state index in [2.05, 4.69) is 15.3 Å². The molecule has 34 heavy (non-hydrogen) atoms. The van der Waals surface area contributed by atoms with E-state index < -0.39 is 10.8 Å². The summed E-state index contributed by atoms with van der Waals surface area (Å²) in [4.78, 5) is 32.4. The molecule has 1 N–H and O–H groups in total. The van der Waals surface area contributed by atoms with Crippen LogP contribution >= 0.6 is 22.7 Å². The smallest absolute Gasteiger partial charge is 0.324 e. The van der Waals surface area contributed by atoms with E-state index in [1.807, 2.05) is 61.5 Å². The summed E-state index contributed by atoms with van der Waals surface area (Å²) in [6.07, 6.45) is 1.70. The van der Waals surface area contributed by atoms with Crippen molar-refractivity contribution in [1.29, 1.82) is 0 Å². The summed E-state index contributed by atoms with van der Waals surface area (Å²) in [5, 5.41) is 15.3. The van der Waals surface area contributed by atoms with Gasteiger partial charge in [0.25, 0.3) is 5.91 Å². The summed E-state index contributed by atoms with van der Waals surface area (Å²) in [7, 11) is 0. The summed E-state index contributed by atoms with van der Waals surface area (Å²) in [5.74, 6) is 0.0996. The van der Waals surface area contributed by atoms with Crippen molar-refractivity contribution < 1.29 is 14.5 Å². The van der Waals surface area contributed by atoms with Gasteiger partial charge in [0.15, 0.2) is 10.9 Å². The van der Waals surface area contributed by atoms with Gasteiger partial charge in [0.05, 0.1) is 9.80 Å². The van der Waals surface area contributed by atoms with Crippen LogP contribution in [0.15, 0.2) is 72.9 Å². The Morgan fingerprint density at radius 1 is 1.03 bits per heavy atom. The van der Waals surface area contributed by atoms with Gasteiger partial charge in [-0.15, -0.1) is 0 Å². The number of carbonyl (C=O) groups excluding carboxylic acids is 1. The molecule has 3 heterocycles. The first-order chi connectivity index (χ1) is 16.5. The number of nitrogens with zero attached hydrogens (tertiary/aromatic N) is 3. The van der Waals surface area contributed by atoms with Crippen LogP contribution in [-0.4, -0.2) is 20.8 Å². The van der Waals surface area contributed by atoms with Crippen molar-refractivity contribution >= 4 is 49.6 Å². The molecule has 0 fully saturated rings. The number of fused-ring (bicyclic) bond motifs is 1. The van der Waals surface area contributed by atoms with Crippen molar-refractivity contribution in [2.75, 3.05) is 5.32 Å². The minimum absolute atomic E-state index is 0.0999. The van der Waals surface area contributed by atoms with E-state index in [0.29, 0.717) is 27.2 Å². The van der Waals surface area contributed by atoms with Crippen molar-refractivity contribution in [1.82, 2.24) is 9.97 Å². The standard InChI is InChI=1S/C24H16N4O4S2/c1-14-7-9-16(10-8-14)21-23(32-17-6-2-4-15-5-3-13-25-20(15)17)34-24(26-21)27-22(29)18-11-12-19(33-18)28(30)31/h2-13H,1H3,(H,26,27,29). The van der Waals surface area contributed by atoms with Crippen molar-refractivity contribution in [2.45, 2.75) is 6.92 Å². The Balaban J connectivity index is 1.51. The van der Waals surface area contributed by atoms with Crippen LogP contribution in [0, 0.1) is 17.0 Å².